The Hall–Kier alpha value is -1.35. The van der Waals surface area contributed by atoms with Gasteiger partial charge in [-0.15, -0.1) is 0 Å². The van der Waals surface area contributed by atoms with E-state index in [0.717, 1.165) is 18.4 Å². The van der Waals surface area contributed by atoms with Gasteiger partial charge in [0.15, 0.2) is 0 Å². The Morgan fingerprint density at radius 2 is 1.91 bits per heavy atom. The van der Waals surface area contributed by atoms with Crippen LogP contribution >= 0.6 is 0 Å². The second kappa shape index (κ2) is 5.09. The maximum Gasteiger partial charge on any atom is 0.307 e. The topological polar surface area (TPSA) is 57.5 Å². The van der Waals surface area contributed by atoms with Crippen LogP contribution < -0.4 is 0 Å². The first kappa shape index (κ1) is 15.5. The summed E-state index contributed by atoms with van der Waals surface area (Å²) in [6.07, 6.45) is 2.04. The van der Waals surface area contributed by atoms with E-state index >= 15 is 0 Å². The third kappa shape index (κ3) is 2.02. The highest BCUT2D eigenvalue weighted by Crippen LogP contribution is 2.71. The number of aliphatic carboxylic acids is 1. The van der Waals surface area contributed by atoms with E-state index in [1.165, 1.54) is 0 Å². The first-order valence-electron chi connectivity index (χ1n) is 8.25. The van der Waals surface area contributed by atoms with Crippen LogP contribution in [0.2, 0.25) is 0 Å². The van der Waals surface area contributed by atoms with Crippen molar-refractivity contribution in [1.82, 2.24) is 0 Å². The predicted octanol–water partition coefficient (Wildman–Crippen LogP) is 3.88. The van der Waals surface area contributed by atoms with E-state index in [1.54, 1.807) is 0 Å². The van der Waals surface area contributed by atoms with Gasteiger partial charge in [-0.1, -0.05) is 51.1 Å². The highest BCUT2D eigenvalue weighted by Gasteiger charge is 2.68. The standard InChI is InChI=1S/C19H26O3/c1-18(2)14-9-10-19(18,3)16(17(21)22)13(14)11-15(20)12-7-5-4-6-8-12/h4-8,13-16,20H,9-11H2,1-3H3,(H,21,22)/t13-,14-,15-,16-,19-/m0/s1. The predicted molar refractivity (Wildman–Crippen MR) is 85.2 cm³/mol. The van der Waals surface area contributed by atoms with E-state index in [4.69, 9.17) is 0 Å². The molecule has 1 aromatic rings. The Morgan fingerprint density at radius 1 is 1.27 bits per heavy atom. The number of carboxylic acid groups (broad SMARTS) is 1. The fraction of sp³-hybridized carbons (Fsp3) is 0.632. The molecule has 2 N–H and O–H groups in total. The van der Waals surface area contributed by atoms with Gasteiger partial charge in [0.1, 0.15) is 0 Å². The zero-order valence-corrected chi connectivity index (χ0v) is 13.6. The number of benzene rings is 1. The molecule has 2 fully saturated rings. The van der Waals surface area contributed by atoms with Gasteiger partial charge in [0, 0.05) is 0 Å². The van der Waals surface area contributed by atoms with E-state index in [0.29, 0.717) is 12.3 Å². The van der Waals surface area contributed by atoms with Crippen LogP contribution in [0, 0.1) is 28.6 Å². The minimum absolute atomic E-state index is 0.0249. The van der Waals surface area contributed by atoms with Gasteiger partial charge < -0.3 is 10.2 Å². The Balaban J connectivity index is 1.88. The first-order chi connectivity index (χ1) is 10.3. The maximum atomic E-state index is 11.9. The number of carbonyl (C=O) groups is 1. The molecule has 2 saturated carbocycles. The van der Waals surface area contributed by atoms with Crippen molar-refractivity contribution in [2.24, 2.45) is 28.6 Å². The third-order valence-electron chi connectivity index (χ3n) is 6.95. The number of carboxylic acids is 1. The lowest BCUT2D eigenvalue weighted by molar-refractivity contribution is -0.149. The zero-order chi connectivity index (χ0) is 16.1. The summed E-state index contributed by atoms with van der Waals surface area (Å²) in [5.74, 6) is -0.596. The average Bonchev–Trinajstić information content (AvgIpc) is 2.78. The van der Waals surface area contributed by atoms with Gasteiger partial charge >= 0.3 is 5.97 Å². The molecular formula is C19H26O3. The lowest BCUT2D eigenvalue weighted by Crippen LogP contribution is -2.38. The van der Waals surface area contributed by atoms with Crippen molar-refractivity contribution < 1.29 is 15.0 Å². The minimum atomic E-state index is -0.692. The van der Waals surface area contributed by atoms with E-state index in [1.807, 2.05) is 30.3 Å². The Bertz CT molecular complexity index is 565. The molecule has 0 radical (unpaired) electrons. The van der Waals surface area contributed by atoms with Gasteiger partial charge in [-0.3, -0.25) is 4.79 Å². The Labute approximate surface area is 132 Å². The SMILES string of the molecule is CC1(C)[C@H]2CC[C@@]1(C)[C@H](C(=O)O)[C@H]2C[C@H](O)c1ccccc1. The average molecular weight is 302 g/mol. The van der Waals surface area contributed by atoms with E-state index in [-0.39, 0.29) is 22.7 Å². The molecule has 0 aromatic heterocycles. The maximum absolute atomic E-state index is 11.9. The number of aliphatic hydroxyl groups is 1. The number of fused-ring (bicyclic) bond motifs is 2. The summed E-state index contributed by atoms with van der Waals surface area (Å²) >= 11 is 0. The second-order valence-electron chi connectivity index (χ2n) is 7.93. The number of hydrogen-bond acceptors (Lipinski definition) is 2. The van der Waals surface area contributed by atoms with Crippen LogP contribution in [0.3, 0.4) is 0 Å². The van der Waals surface area contributed by atoms with Crippen molar-refractivity contribution in [3.63, 3.8) is 0 Å². The van der Waals surface area contributed by atoms with Gasteiger partial charge in [0.2, 0.25) is 0 Å². The molecule has 1 aromatic carbocycles. The van der Waals surface area contributed by atoms with Crippen molar-refractivity contribution in [2.45, 2.75) is 46.1 Å². The molecule has 0 spiro atoms. The van der Waals surface area contributed by atoms with Crippen LogP contribution in [0.25, 0.3) is 0 Å². The molecule has 3 rings (SSSR count). The van der Waals surface area contributed by atoms with Gasteiger partial charge in [-0.05, 0) is 47.5 Å². The van der Waals surface area contributed by atoms with Crippen molar-refractivity contribution >= 4 is 5.97 Å². The molecule has 2 bridgehead atoms. The van der Waals surface area contributed by atoms with Crippen molar-refractivity contribution in [2.75, 3.05) is 0 Å². The fourth-order valence-electron chi connectivity index (χ4n) is 5.40. The van der Waals surface area contributed by atoms with Crippen LogP contribution in [-0.2, 0) is 4.79 Å². The van der Waals surface area contributed by atoms with E-state index in [2.05, 4.69) is 20.8 Å². The largest absolute Gasteiger partial charge is 0.481 e. The summed E-state index contributed by atoms with van der Waals surface area (Å²) in [4.78, 5) is 11.9. The van der Waals surface area contributed by atoms with Crippen LogP contribution in [0.1, 0.15) is 51.7 Å². The lowest BCUT2D eigenvalue weighted by atomic mass is 9.65. The van der Waals surface area contributed by atoms with Gasteiger partial charge in [-0.25, -0.2) is 0 Å². The Morgan fingerprint density at radius 3 is 2.50 bits per heavy atom. The van der Waals surface area contributed by atoms with Crippen LogP contribution in [0.5, 0.6) is 0 Å². The molecule has 0 saturated heterocycles. The third-order valence-corrected chi connectivity index (χ3v) is 6.95. The molecule has 5 atom stereocenters. The molecule has 0 heterocycles. The lowest BCUT2D eigenvalue weighted by Gasteiger charge is -2.38. The molecule has 2 aliphatic carbocycles. The molecule has 0 unspecified atom stereocenters. The molecule has 0 amide bonds. The Kier molecular flexibility index (Phi) is 3.59. The smallest absolute Gasteiger partial charge is 0.307 e. The highest BCUT2D eigenvalue weighted by molar-refractivity contribution is 5.73. The monoisotopic (exact) mass is 302 g/mol. The first-order valence-corrected chi connectivity index (χ1v) is 8.25. The normalized spacial score (nSPS) is 37.2. The van der Waals surface area contributed by atoms with Crippen LogP contribution in [0.15, 0.2) is 30.3 Å². The highest BCUT2D eigenvalue weighted by atomic mass is 16.4. The summed E-state index contributed by atoms with van der Waals surface area (Å²) in [6, 6.07) is 9.59. The quantitative estimate of drug-likeness (QED) is 0.887. The summed E-state index contributed by atoms with van der Waals surface area (Å²) in [6.45, 7) is 6.58. The van der Waals surface area contributed by atoms with Gasteiger partial charge in [-0.2, -0.15) is 0 Å². The van der Waals surface area contributed by atoms with E-state index in [9.17, 15) is 15.0 Å². The number of aliphatic hydroxyl groups excluding tert-OH is 1. The molecule has 22 heavy (non-hydrogen) atoms. The minimum Gasteiger partial charge on any atom is -0.481 e. The van der Waals surface area contributed by atoms with Crippen molar-refractivity contribution in [3.8, 4) is 0 Å². The van der Waals surface area contributed by atoms with E-state index < -0.39 is 12.1 Å². The summed E-state index contributed by atoms with van der Waals surface area (Å²) in [5, 5.41) is 20.4. The molecular weight excluding hydrogens is 276 g/mol. The van der Waals surface area contributed by atoms with Gasteiger partial charge in [0.25, 0.3) is 0 Å². The fourth-order valence-corrected chi connectivity index (χ4v) is 5.40. The van der Waals surface area contributed by atoms with Crippen LogP contribution in [-0.4, -0.2) is 16.2 Å². The van der Waals surface area contributed by atoms with Crippen LogP contribution in [0.4, 0.5) is 0 Å². The molecule has 120 valence electrons. The molecule has 0 aliphatic heterocycles. The number of rotatable bonds is 4. The molecule has 3 heteroatoms. The number of hydrogen-bond donors (Lipinski definition) is 2. The second-order valence-corrected chi connectivity index (χ2v) is 7.93. The summed E-state index contributed by atoms with van der Waals surface area (Å²) in [5.41, 5.74) is 0.749. The summed E-state index contributed by atoms with van der Waals surface area (Å²) in [7, 11) is 0. The van der Waals surface area contributed by atoms with Gasteiger partial charge in [0.05, 0.1) is 12.0 Å². The zero-order valence-electron chi connectivity index (χ0n) is 13.6. The van der Waals surface area contributed by atoms with Crippen molar-refractivity contribution in [1.29, 1.82) is 0 Å². The molecule has 2 aliphatic rings. The summed E-state index contributed by atoms with van der Waals surface area (Å²) < 4.78 is 0. The molecule has 3 nitrogen and oxygen atoms in total. The van der Waals surface area contributed by atoms with Crippen molar-refractivity contribution in [3.05, 3.63) is 35.9 Å².